The first-order valence-electron chi connectivity index (χ1n) is 6.18. The fourth-order valence-electron chi connectivity index (χ4n) is 2.35. The standard InChI is InChI=1S/C13H18BrN3O/c14-11-5-2-1-4-10(11)12(13(15)18)17-8-3-6-16-7-9-17/h1-2,4-5,12,16H,3,6-9H2,(H2,15,18). The summed E-state index contributed by atoms with van der Waals surface area (Å²) in [7, 11) is 0. The Morgan fingerprint density at radius 2 is 2.11 bits per heavy atom. The van der Waals surface area contributed by atoms with E-state index in [1.807, 2.05) is 24.3 Å². The van der Waals surface area contributed by atoms with Crippen molar-refractivity contribution in [3.05, 3.63) is 34.3 Å². The molecule has 0 saturated carbocycles. The van der Waals surface area contributed by atoms with Gasteiger partial charge in [0.25, 0.3) is 0 Å². The molecule has 3 N–H and O–H groups in total. The lowest BCUT2D eigenvalue weighted by molar-refractivity contribution is -0.123. The van der Waals surface area contributed by atoms with E-state index in [1.165, 1.54) is 0 Å². The van der Waals surface area contributed by atoms with Crippen LogP contribution in [0, 0.1) is 0 Å². The minimum Gasteiger partial charge on any atom is -0.368 e. The van der Waals surface area contributed by atoms with Crippen LogP contribution < -0.4 is 11.1 Å². The molecule has 1 fully saturated rings. The molecule has 1 heterocycles. The number of halogens is 1. The fraction of sp³-hybridized carbons (Fsp3) is 0.462. The summed E-state index contributed by atoms with van der Waals surface area (Å²) in [4.78, 5) is 14.0. The Bertz CT molecular complexity index is 416. The van der Waals surface area contributed by atoms with Crippen molar-refractivity contribution in [2.75, 3.05) is 26.2 Å². The number of hydrogen-bond donors (Lipinski definition) is 2. The number of nitrogens with zero attached hydrogens (tertiary/aromatic N) is 1. The van der Waals surface area contributed by atoms with Crippen LogP contribution in [0.5, 0.6) is 0 Å². The van der Waals surface area contributed by atoms with E-state index < -0.39 is 0 Å². The van der Waals surface area contributed by atoms with Crippen molar-refractivity contribution in [2.45, 2.75) is 12.5 Å². The average molecular weight is 312 g/mol. The summed E-state index contributed by atoms with van der Waals surface area (Å²) in [6.07, 6.45) is 1.04. The van der Waals surface area contributed by atoms with Crippen LogP contribution in [0.2, 0.25) is 0 Å². The zero-order chi connectivity index (χ0) is 13.0. The van der Waals surface area contributed by atoms with Gasteiger partial charge in [-0.05, 0) is 24.6 Å². The van der Waals surface area contributed by atoms with Gasteiger partial charge in [-0.15, -0.1) is 0 Å². The molecule has 0 aliphatic carbocycles. The molecule has 1 atom stereocenters. The van der Waals surface area contributed by atoms with E-state index in [4.69, 9.17) is 5.73 Å². The molecule has 1 aromatic carbocycles. The summed E-state index contributed by atoms with van der Waals surface area (Å²) in [5.74, 6) is -0.288. The zero-order valence-electron chi connectivity index (χ0n) is 10.2. The summed E-state index contributed by atoms with van der Waals surface area (Å²) >= 11 is 3.50. The minimum absolute atomic E-state index is 0.288. The van der Waals surface area contributed by atoms with Gasteiger partial charge in [-0.25, -0.2) is 0 Å². The third-order valence-electron chi connectivity index (χ3n) is 3.21. The maximum atomic E-state index is 11.8. The van der Waals surface area contributed by atoms with E-state index in [2.05, 4.69) is 26.1 Å². The highest BCUT2D eigenvalue weighted by molar-refractivity contribution is 9.10. The lowest BCUT2D eigenvalue weighted by Gasteiger charge is -2.28. The number of rotatable bonds is 3. The maximum absolute atomic E-state index is 11.8. The molecule has 0 radical (unpaired) electrons. The molecular formula is C13H18BrN3O. The van der Waals surface area contributed by atoms with E-state index >= 15 is 0 Å². The van der Waals surface area contributed by atoms with Crippen LogP contribution in [0.15, 0.2) is 28.7 Å². The normalized spacial score (nSPS) is 19.2. The molecule has 0 aromatic heterocycles. The van der Waals surface area contributed by atoms with Crippen molar-refractivity contribution in [2.24, 2.45) is 5.73 Å². The quantitative estimate of drug-likeness (QED) is 0.884. The van der Waals surface area contributed by atoms with Crippen LogP contribution >= 0.6 is 15.9 Å². The molecular weight excluding hydrogens is 294 g/mol. The molecule has 0 spiro atoms. The van der Waals surface area contributed by atoms with Crippen molar-refractivity contribution in [1.29, 1.82) is 0 Å². The SMILES string of the molecule is NC(=O)C(c1ccccc1Br)N1CCCNCC1. The molecule has 1 amide bonds. The fourth-order valence-corrected chi connectivity index (χ4v) is 2.85. The Hall–Kier alpha value is -0.910. The summed E-state index contributed by atoms with van der Waals surface area (Å²) in [6.45, 7) is 3.63. The number of nitrogens with two attached hydrogens (primary N) is 1. The molecule has 5 heteroatoms. The van der Waals surface area contributed by atoms with Gasteiger partial charge >= 0.3 is 0 Å². The zero-order valence-corrected chi connectivity index (χ0v) is 11.8. The number of nitrogens with one attached hydrogen (secondary N) is 1. The maximum Gasteiger partial charge on any atom is 0.239 e. The monoisotopic (exact) mass is 311 g/mol. The first-order chi connectivity index (χ1) is 8.70. The number of hydrogen-bond acceptors (Lipinski definition) is 3. The van der Waals surface area contributed by atoms with Gasteiger partial charge in [-0.3, -0.25) is 9.69 Å². The summed E-state index contributed by atoms with van der Waals surface area (Å²) < 4.78 is 0.936. The second-order valence-electron chi connectivity index (χ2n) is 4.47. The van der Waals surface area contributed by atoms with Gasteiger partial charge in [-0.2, -0.15) is 0 Å². The van der Waals surface area contributed by atoms with Crippen LogP contribution in [0.4, 0.5) is 0 Å². The average Bonchev–Trinajstić information content (AvgIpc) is 2.60. The van der Waals surface area contributed by atoms with E-state index in [0.717, 1.165) is 42.6 Å². The lowest BCUT2D eigenvalue weighted by Crippen LogP contribution is -2.40. The summed E-state index contributed by atoms with van der Waals surface area (Å²) in [5.41, 5.74) is 6.55. The highest BCUT2D eigenvalue weighted by Gasteiger charge is 2.27. The molecule has 4 nitrogen and oxygen atoms in total. The minimum atomic E-state index is -0.347. The van der Waals surface area contributed by atoms with Crippen molar-refractivity contribution in [3.8, 4) is 0 Å². The highest BCUT2D eigenvalue weighted by atomic mass is 79.9. The van der Waals surface area contributed by atoms with Crippen molar-refractivity contribution in [1.82, 2.24) is 10.2 Å². The smallest absolute Gasteiger partial charge is 0.239 e. The molecule has 1 aliphatic rings. The Morgan fingerprint density at radius 3 is 2.83 bits per heavy atom. The first kappa shape index (κ1) is 13.5. The largest absolute Gasteiger partial charge is 0.368 e. The van der Waals surface area contributed by atoms with Gasteiger partial charge in [0.15, 0.2) is 0 Å². The number of primary amides is 1. The van der Waals surface area contributed by atoms with E-state index in [-0.39, 0.29) is 11.9 Å². The molecule has 1 aromatic rings. The predicted octanol–water partition coefficient (Wildman–Crippen LogP) is 1.27. The van der Waals surface area contributed by atoms with Gasteiger partial charge in [0.2, 0.25) is 5.91 Å². The number of amides is 1. The molecule has 1 aliphatic heterocycles. The second-order valence-corrected chi connectivity index (χ2v) is 5.32. The van der Waals surface area contributed by atoms with Crippen molar-refractivity contribution >= 4 is 21.8 Å². The van der Waals surface area contributed by atoms with Gasteiger partial charge in [0.1, 0.15) is 6.04 Å². The summed E-state index contributed by atoms with van der Waals surface area (Å²) in [5, 5.41) is 3.33. The third kappa shape index (κ3) is 3.10. The second kappa shape index (κ2) is 6.31. The Balaban J connectivity index is 2.27. The first-order valence-corrected chi connectivity index (χ1v) is 6.98. The molecule has 1 unspecified atom stereocenters. The predicted molar refractivity (Wildman–Crippen MR) is 75.1 cm³/mol. The van der Waals surface area contributed by atoms with Gasteiger partial charge < -0.3 is 11.1 Å². The van der Waals surface area contributed by atoms with Crippen LogP contribution in [0.25, 0.3) is 0 Å². The number of benzene rings is 1. The van der Waals surface area contributed by atoms with E-state index in [9.17, 15) is 4.79 Å². The number of carbonyl (C=O) groups excluding carboxylic acids is 1. The van der Waals surface area contributed by atoms with Crippen molar-refractivity contribution < 1.29 is 4.79 Å². The third-order valence-corrected chi connectivity index (χ3v) is 3.93. The van der Waals surface area contributed by atoms with E-state index in [1.54, 1.807) is 0 Å². The molecule has 98 valence electrons. The Labute approximate surface area is 116 Å². The van der Waals surface area contributed by atoms with Crippen LogP contribution in [-0.4, -0.2) is 37.0 Å². The molecule has 0 bridgehead atoms. The van der Waals surface area contributed by atoms with E-state index in [0.29, 0.717) is 0 Å². The van der Waals surface area contributed by atoms with Gasteiger partial charge in [0, 0.05) is 24.1 Å². The van der Waals surface area contributed by atoms with Gasteiger partial charge in [0.05, 0.1) is 0 Å². The van der Waals surface area contributed by atoms with Gasteiger partial charge in [-0.1, -0.05) is 34.1 Å². The number of carbonyl (C=O) groups is 1. The molecule has 18 heavy (non-hydrogen) atoms. The molecule has 2 rings (SSSR count). The summed E-state index contributed by atoms with van der Waals surface area (Å²) in [6, 6.07) is 7.43. The Morgan fingerprint density at radius 1 is 1.33 bits per heavy atom. The lowest BCUT2D eigenvalue weighted by atomic mass is 10.0. The highest BCUT2D eigenvalue weighted by Crippen LogP contribution is 2.27. The van der Waals surface area contributed by atoms with Crippen molar-refractivity contribution in [3.63, 3.8) is 0 Å². The van der Waals surface area contributed by atoms with Crippen LogP contribution in [0.1, 0.15) is 18.0 Å². The Kier molecular flexibility index (Phi) is 4.74. The molecule has 1 saturated heterocycles. The topological polar surface area (TPSA) is 58.4 Å². The van der Waals surface area contributed by atoms with Crippen LogP contribution in [0.3, 0.4) is 0 Å². The van der Waals surface area contributed by atoms with Crippen LogP contribution in [-0.2, 0) is 4.79 Å².